The van der Waals surface area contributed by atoms with Crippen LogP contribution < -0.4 is 0 Å². The van der Waals surface area contributed by atoms with Crippen molar-refractivity contribution in [2.24, 2.45) is 0 Å². The van der Waals surface area contributed by atoms with Crippen LogP contribution in [0.1, 0.15) is 72.3 Å². The van der Waals surface area contributed by atoms with Crippen LogP contribution in [0.25, 0.3) is 0 Å². The van der Waals surface area contributed by atoms with Gasteiger partial charge >= 0.3 is 0 Å². The van der Waals surface area contributed by atoms with Crippen molar-refractivity contribution in [3.63, 3.8) is 0 Å². The predicted molar refractivity (Wildman–Crippen MR) is 120 cm³/mol. The molecule has 4 heteroatoms. The van der Waals surface area contributed by atoms with Gasteiger partial charge in [-0.05, 0) is 59.4 Å². The Labute approximate surface area is 175 Å². The third-order valence-corrected chi connectivity index (χ3v) is 5.64. The predicted octanol–water partition coefficient (Wildman–Crippen LogP) is 5.66. The molecular weight excluding hydrogens is 362 g/mol. The van der Waals surface area contributed by atoms with E-state index < -0.39 is 11.7 Å². The molecule has 1 aliphatic heterocycles. The Kier molecular flexibility index (Phi) is 8.00. The fourth-order valence-corrected chi connectivity index (χ4v) is 3.70. The van der Waals surface area contributed by atoms with Crippen LogP contribution in [0.2, 0.25) is 0 Å². The fourth-order valence-electron chi connectivity index (χ4n) is 3.70. The molecule has 0 spiro atoms. The SMILES string of the molecule is CC(C)=CCC/C(C)=C/CC/C(C)=C/CC1(O)c2ccccc2[N+]([O-])=C(C)C1O. The van der Waals surface area contributed by atoms with Crippen LogP contribution in [-0.4, -0.2) is 26.8 Å². The molecule has 0 fully saturated rings. The van der Waals surface area contributed by atoms with E-state index >= 15 is 0 Å². The molecule has 2 atom stereocenters. The van der Waals surface area contributed by atoms with E-state index in [1.165, 1.54) is 16.7 Å². The second-order valence-corrected chi connectivity index (χ2v) is 8.44. The van der Waals surface area contributed by atoms with Crippen molar-refractivity contribution in [1.82, 2.24) is 0 Å². The summed E-state index contributed by atoms with van der Waals surface area (Å²) in [6.07, 6.45) is 9.60. The molecule has 29 heavy (non-hydrogen) atoms. The first kappa shape index (κ1) is 23.1. The fraction of sp³-hybridized carbons (Fsp3) is 0.480. The first-order valence-corrected chi connectivity index (χ1v) is 10.4. The number of rotatable bonds is 8. The monoisotopic (exact) mass is 397 g/mol. The molecule has 1 heterocycles. The van der Waals surface area contributed by atoms with Crippen molar-refractivity contribution >= 4 is 11.4 Å². The zero-order valence-corrected chi connectivity index (χ0v) is 18.4. The summed E-state index contributed by atoms with van der Waals surface area (Å²) in [5.74, 6) is 0. The minimum atomic E-state index is -1.49. The lowest BCUT2D eigenvalue weighted by Crippen LogP contribution is -2.48. The Morgan fingerprint density at radius 1 is 1.03 bits per heavy atom. The number of nitrogens with zero attached hydrogens (tertiary/aromatic N) is 1. The van der Waals surface area contributed by atoms with Crippen LogP contribution in [0, 0.1) is 5.21 Å². The van der Waals surface area contributed by atoms with Gasteiger partial charge in [0.25, 0.3) is 0 Å². The van der Waals surface area contributed by atoms with Gasteiger partial charge in [0.15, 0.2) is 11.8 Å². The molecule has 2 rings (SSSR count). The molecular formula is C25H35NO3. The van der Waals surface area contributed by atoms with Gasteiger partial charge < -0.3 is 15.4 Å². The number of aliphatic hydroxyl groups excluding tert-OH is 1. The molecule has 158 valence electrons. The van der Waals surface area contributed by atoms with E-state index in [1.807, 2.05) is 13.0 Å². The normalized spacial score (nSPS) is 22.5. The average Bonchev–Trinajstić information content (AvgIpc) is 2.69. The molecule has 1 aromatic carbocycles. The molecule has 0 bridgehead atoms. The lowest BCUT2D eigenvalue weighted by atomic mass is 9.79. The summed E-state index contributed by atoms with van der Waals surface area (Å²) < 4.78 is 0.716. The number of fused-ring (bicyclic) bond motifs is 1. The average molecular weight is 398 g/mol. The number of aliphatic hydroxyl groups is 2. The topological polar surface area (TPSA) is 66.5 Å². The summed E-state index contributed by atoms with van der Waals surface area (Å²) in [5.41, 5.74) is 3.52. The second-order valence-electron chi connectivity index (χ2n) is 8.44. The van der Waals surface area contributed by atoms with E-state index in [4.69, 9.17) is 0 Å². The van der Waals surface area contributed by atoms with E-state index in [0.717, 1.165) is 25.7 Å². The number of para-hydroxylation sites is 1. The molecule has 0 amide bonds. The van der Waals surface area contributed by atoms with Crippen molar-refractivity contribution in [2.45, 2.75) is 78.4 Å². The van der Waals surface area contributed by atoms with Crippen molar-refractivity contribution in [2.75, 3.05) is 0 Å². The minimum Gasteiger partial charge on any atom is -0.618 e. The van der Waals surface area contributed by atoms with Crippen molar-refractivity contribution in [3.8, 4) is 0 Å². The quantitative estimate of drug-likeness (QED) is 0.338. The summed E-state index contributed by atoms with van der Waals surface area (Å²) >= 11 is 0. The zero-order valence-electron chi connectivity index (χ0n) is 18.4. The summed E-state index contributed by atoms with van der Waals surface area (Å²) in [5, 5.41) is 34.3. The first-order chi connectivity index (χ1) is 13.7. The van der Waals surface area contributed by atoms with Crippen LogP contribution in [0.15, 0.2) is 59.2 Å². The van der Waals surface area contributed by atoms with Gasteiger partial charge in [0, 0.05) is 19.4 Å². The minimum absolute atomic E-state index is 0.215. The van der Waals surface area contributed by atoms with Gasteiger partial charge in [-0.1, -0.05) is 47.1 Å². The third-order valence-electron chi connectivity index (χ3n) is 5.64. The van der Waals surface area contributed by atoms with Gasteiger partial charge in [-0.15, -0.1) is 0 Å². The molecule has 0 aromatic heterocycles. The van der Waals surface area contributed by atoms with Crippen LogP contribution in [-0.2, 0) is 5.60 Å². The molecule has 2 unspecified atom stereocenters. The van der Waals surface area contributed by atoms with Crippen molar-refractivity contribution in [3.05, 3.63) is 70.0 Å². The van der Waals surface area contributed by atoms with Crippen LogP contribution in [0.3, 0.4) is 0 Å². The van der Waals surface area contributed by atoms with E-state index in [-0.39, 0.29) is 12.1 Å². The Hall–Kier alpha value is -2.17. The largest absolute Gasteiger partial charge is 0.618 e. The van der Waals surface area contributed by atoms with Crippen LogP contribution in [0.5, 0.6) is 0 Å². The van der Waals surface area contributed by atoms with Gasteiger partial charge in [0.2, 0.25) is 5.69 Å². The number of hydrogen-bond donors (Lipinski definition) is 2. The van der Waals surface area contributed by atoms with Crippen molar-refractivity contribution < 1.29 is 15.0 Å². The molecule has 0 saturated heterocycles. The lowest BCUT2D eigenvalue weighted by Gasteiger charge is -2.36. The number of benzene rings is 1. The molecule has 0 radical (unpaired) electrons. The Morgan fingerprint density at radius 3 is 2.28 bits per heavy atom. The Morgan fingerprint density at radius 2 is 1.62 bits per heavy atom. The standard InChI is InChI=1S/C25H35NO3/c1-18(2)10-8-11-19(3)12-9-13-20(4)16-17-25(28)22-14-6-7-15-23(22)26(29)21(5)24(25)27/h6-7,10,12,14-16,24,27-28H,8-9,11,13,17H2,1-5H3/b19-12+,20-16+. The molecule has 0 aliphatic carbocycles. The molecule has 4 nitrogen and oxygen atoms in total. The van der Waals surface area contributed by atoms with Gasteiger partial charge in [-0.3, -0.25) is 0 Å². The van der Waals surface area contributed by atoms with Crippen LogP contribution >= 0.6 is 0 Å². The summed E-state index contributed by atoms with van der Waals surface area (Å²) in [7, 11) is 0. The summed E-state index contributed by atoms with van der Waals surface area (Å²) in [6.45, 7) is 10.0. The highest BCUT2D eigenvalue weighted by molar-refractivity contribution is 5.86. The van der Waals surface area contributed by atoms with E-state index in [2.05, 4.69) is 32.9 Å². The van der Waals surface area contributed by atoms with Gasteiger partial charge in [-0.25, -0.2) is 0 Å². The highest BCUT2D eigenvalue weighted by Gasteiger charge is 2.47. The molecule has 1 aliphatic rings. The zero-order chi connectivity index (χ0) is 21.6. The Bertz CT molecular complexity index is 843. The van der Waals surface area contributed by atoms with Crippen LogP contribution in [0.4, 0.5) is 5.69 Å². The highest BCUT2D eigenvalue weighted by Crippen LogP contribution is 2.40. The molecule has 1 aromatic rings. The number of hydrogen-bond acceptors (Lipinski definition) is 3. The van der Waals surface area contributed by atoms with E-state index in [9.17, 15) is 15.4 Å². The maximum absolute atomic E-state index is 12.4. The van der Waals surface area contributed by atoms with E-state index in [1.54, 1.807) is 31.2 Å². The molecule has 0 saturated carbocycles. The van der Waals surface area contributed by atoms with Gasteiger partial charge in [-0.2, -0.15) is 4.74 Å². The summed E-state index contributed by atoms with van der Waals surface area (Å²) in [6, 6.07) is 6.95. The third kappa shape index (κ3) is 5.68. The van der Waals surface area contributed by atoms with Crippen molar-refractivity contribution in [1.29, 1.82) is 0 Å². The van der Waals surface area contributed by atoms with Gasteiger partial charge in [0.05, 0.1) is 5.56 Å². The molecule has 2 N–H and O–H groups in total. The Balaban J connectivity index is 2.04. The first-order valence-electron chi connectivity index (χ1n) is 10.4. The maximum Gasteiger partial charge on any atom is 0.222 e. The van der Waals surface area contributed by atoms with E-state index in [0.29, 0.717) is 16.0 Å². The number of allylic oxidation sites excluding steroid dienone is 5. The maximum atomic E-state index is 12.4. The summed E-state index contributed by atoms with van der Waals surface area (Å²) in [4.78, 5) is 0. The second kappa shape index (κ2) is 10.0. The smallest absolute Gasteiger partial charge is 0.222 e. The highest BCUT2D eigenvalue weighted by atomic mass is 16.5. The van der Waals surface area contributed by atoms with Gasteiger partial charge in [0.1, 0.15) is 5.60 Å². The lowest BCUT2D eigenvalue weighted by molar-refractivity contribution is -0.376.